The second-order valence-corrected chi connectivity index (χ2v) is 5.19. The van der Waals surface area contributed by atoms with Crippen molar-refractivity contribution in [2.24, 2.45) is 7.05 Å². The van der Waals surface area contributed by atoms with Crippen molar-refractivity contribution in [3.05, 3.63) is 65.5 Å². The van der Waals surface area contributed by atoms with Crippen LogP contribution in [-0.4, -0.2) is 9.55 Å². The van der Waals surface area contributed by atoms with E-state index >= 15 is 0 Å². The molecule has 0 saturated heterocycles. The van der Waals surface area contributed by atoms with Crippen molar-refractivity contribution in [3.63, 3.8) is 0 Å². The summed E-state index contributed by atoms with van der Waals surface area (Å²) in [6, 6.07) is 18.9. The number of aryl methyl sites for hydroxylation is 1. The van der Waals surface area contributed by atoms with Crippen LogP contribution < -0.4 is 0 Å². The maximum Gasteiger partial charge on any atom is 0.132 e. The quantitative estimate of drug-likeness (QED) is 0.680. The lowest BCUT2D eigenvalue weighted by Crippen LogP contribution is -1.90. The monoisotopic (exact) mass is 312 g/mol. The summed E-state index contributed by atoms with van der Waals surface area (Å²) in [6.07, 6.45) is 1.81. The molecule has 0 fully saturated rings. The molecule has 3 rings (SSSR count). The van der Waals surface area contributed by atoms with E-state index in [0.717, 1.165) is 15.9 Å². The van der Waals surface area contributed by atoms with Gasteiger partial charge >= 0.3 is 0 Å². The largest absolute Gasteiger partial charge is 0.333 e. The zero-order valence-electron chi connectivity index (χ0n) is 10.5. The van der Waals surface area contributed by atoms with Gasteiger partial charge in [-0.2, -0.15) is 0 Å². The highest BCUT2D eigenvalue weighted by Crippen LogP contribution is 2.28. The number of hydrogen-bond donors (Lipinski definition) is 0. The predicted octanol–water partition coefficient (Wildman–Crippen LogP) is 4.52. The van der Waals surface area contributed by atoms with Crippen LogP contribution in [0.25, 0.3) is 22.4 Å². The number of benzene rings is 2. The van der Waals surface area contributed by atoms with E-state index in [1.807, 2.05) is 24.0 Å². The number of aromatic nitrogens is 2. The number of nitrogens with zero attached hydrogens (tertiary/aromatic N) is 2. The first-order chi connectivity index (χ1) is 9.25. The van der Waals surface area contributed by atoms with Gasteiger partial charge in [-0.3, -0.25) is 0 Å². The van der Waals surface area contributed by atoms with Crippen LogP contribution in [0.3, 0.4) is 0 Å². The fourth-order valence-electron chi connectivity index (χ4n) is 2.18. The first-order valence-electron chi connectivity index (χ1n) is 6.08. The Morgan fingerprint density at radius 2 is 1.42 bits per heavy atom. The highest BCUT2D eigenvalue weighted by Gasteiger charge is 2.08. The van der Waals surface area contributed by atoms with Gasteiger partial charge in [0.25, 0.3) is 0 Å². The van der Waals surface area contributed by atoms with Crippen LogP contribution in [0.15, 0.2) is 65.5 Å². The molecule has 0 amide bonds. The van der Waals surface area contributed by atoms with Gasteiger partial charge in [0.15, 0.2) is 0 Å². The van der Waals surface area contributed by atoms with Crippen molar-refractivity contribution in [2.75, 3.05) is 0 Å². The Hall–Kier alpha value is -1.87. The Labute approximate surface area is 120 Å². The third-order valence-corrected chi connectivity index (χ3v) is 3.74. The van der Waals surface area contributed by atoms with E-state index in [9.17, 15) is 0 Å². The molecular weight excluding hydrogens is 300 g/mol. The van der Waals surface area contributed by atoms with Crippen LogP contribution >= 0.6 is 15.9 Å². The fraction of sp³-hybridized carbons (Fsp3) is 0.0625. The van der Waals surface area contributed by atoms with Gasteiger partial charge in [-0.05, 0) is 27.1 Å². The first-order valence-corrected chi connectivity index (χ1v) is 6.87. The summed E-state index contributed by atoms with van der Waals surface area (Å²) in [5, 5.41) is 0. The molecule has 2 aromatic carbocycles. The molecule has 0 saturated carbocycles. The van der Waals surface area contributed by atoms with Crippen molar-refractivity contribution < 1.29 is 0 Å². The summed E-state index contributed by atoms with van der Waals surface area (Å²) >= 11 is 3.49. The molecule has 0 unspecified atom stereocenters. The Kier molecular flexibility index (Phi) is 3.22. The van der Waals surface area contributed by atoms with Gasteiger partial charge in [0.2, 0.25) is 0 Å². The fourth-order valence-corrected chi connectivity index (χ4v) is 2.78. The molecule has 1 aromatic heterocycles. The Morgan fingerprint density at radius 1 is 0.842 bits per heavy atom. The second kappa shape index (κ2) is 5.02. The molecule has 0 N–H and O–H groups in total. The third-order valence-electron chi connectivity index (χ3n) is 3.16. The van der Waals surface area contributed by atoms with Crippen molar-refractivity contribution in [2.45, 2.75) is 0 Å². The number of imidazole rings is 1. The third kappa shape index (κ3) is 2.34. The lowest BCUT2D eigenvalue weighted by Gasteiger charge is -2.06. The second-order valence-electron chi connectivity index (χ2n) is 4.44. The summed E-state index contributed by atoms with van der Waals surface area (Å²) < 4.78 is 2.89. The predicted molar refractivity (Wildman–Crippen MR) is 81.8 cm³/mol. The maximum absolute atomic E-state index is 4.25. The molecule has 0 aliphatic heterocycles. The zero-order valence-corrected chi connectivity index (χ0v) is 12.1. The van der Waals surface area contributed by atoms with Crippen LogP contribution in [0.2, 0.25) is 0 Å². The average molecular weight is 313 g/mol. The summed E-state index contributed by atoms with van der Waals surface area (Å²) in [4.78, 5) is 4.25. The number of halogens is 1. The van der Waals surface area contributed by atoms with E-state index in [1.165, 1.54) is 11.1 Å². The normalized spacial score (nSPS) is 10.6. The SMILES string of the molecule is Cn1cnc(Br)c1-c1ccc(-c2ccccc2)cc1. The summed E-state index contributed by atoms with van der Waals surface area (Å²) in [7, 11) is 2.00. The summed E-state index contributed by atoms with van der Waals surface area (Å²) in [5.41, 5.74) is 4.71. The Bertz CT molecular complexity index is 665. The molecule has 1 heterocycles. The van der Waals surface area contributed by atoms with E-state index in [4.69, 9.17) is 0 Å². The van der Waals surface area contributed by atoms with Gasteiger partial charge in [0.1, 0.15) is 4.60 Å². The molecule has 0 aliphatic carbocycles. The molecule has 3 aromatic rings. The van der Waals surface area contributed by atoms with Gasteiger partial charge in [-0.25, -0.2) is 4.98 Å². The van der Waals surface area contributed by atoms with Gasteiger partial charge in [0.05, 0.1) is 12.0 Å². The zero-order chi connectivity index (χ0) is 13.2. The van der Waals surface area contributed by atoms with Crippen LogP contribution in [-0.2, 0) is 7.05 Å². The highest BCUT2D eigenvalue weighted by molar-refractivity contribution is 9.10. The van der Waals surface area contributed by atoms with E-state index in [2.05, 4.69) is 69.4 Å². The van der Waals surface area contributed by atoms with E-state index in [1.54, 1.807) is 0 Å². The summed E-state index contributed by atoms with van der Waals surface area (Å²) in [5.74, 6) is 0. The molecule has 94 valence electrons. The first kappa shape index (κ1) is 12.2. The van der Waals surface area contributed by atoms with Crippen molar-refractivity contribution in [1.82, 2.24) is 9.55 Å². The molecule has 2 nitrogen and oxygen atoms in total. The van der Waals surface area contributed by atoms with Crippen LogP contribution in [0.4, 0.5) is 0 Å². The van der Waals surface area contributed by atoms with Crippen LogP contribution in [0.1, 0.15) is 0 Å². The molecular formula is C16H13BrN2. The molecule has 3 heteroatoms. The van der Waals surface area contributed by atoms with Crippen LogP contribution in [0, 0.1) is 0 Å². The van der Waals surface area contributed by atoms with Gasteiger partial charge in [0, 0.05) is 12.6 Å². The van der Waals surface area contributed by atoms with E-state index in [-0.39, 0.29) is 0 Å². The molecule has 0 radical (unpaired) electrons. The molecule has 19 heavy (non-hydrogen) atoms. The standard InChI is InChI=1S/C16H13BrN2/c1-19-11-18-16(17)15(19)14-9-7-13(8-10-14)12-5-3-2-4-6-12/h2-11H,1H3. The Morgan fingerprint density at radius 3 is 2.00 bits per heavy atom. The minimum atomic E-state index is 0.877. The van der Waals surface area contributed by atoms with Crippen molar-refractivity contribution >= 4 is 15.9 Å². The summed E-state index contributed by atoms with van der Waals surface area (Å²) in [6.45, 7) is 0. The van der Waals surface area contributed by atoms with Crippen molar-refractivity contribution in [3.8, 4) is 22.4 Å². The number of hydrogen-bond acceptors (Lipinski definition) is 1. The smallest absolute Gasteiger partial charge is 0.132 e. The number of rotatable bonds is 2. The van der Waals surface area contributed by atoms with E-state index in [0.29, 0.717) is 0 Å². The lowest BCUT2D eigenvalue weighted by atomic mass is 10.0. The highest BCUT2D eigenvalue weighted by atomic mass is 79.9. The molecule has 0 atom stereocenters. The maximum atomic E-state index is 4.25. The molecule has 0 bridgehead atoms. The van der Waals surface area contributed by atoms with Gasteiger partial charge in [-0.15, -0.1) is 0 Å². The minimum absolute atomic E-state index is 0.877. The van der Waals surface area contributed by atoms with Crippen molar-refractivity contribution in [1.29, 1.82) is 0 Å². The van der Waals surface area contributed by atoms with Gasteiger partial charge in [-0.1, -0.05) is 54.6 Å². The van der Waals surface area contributed by atoms with E-state index < -0.39 is 0 Å². The molecule has 0 aliphatic rings. The van der Waals surface area contributed by atoms with Gasteiger partial charge < -0.3 is 4.57 Å². The Balaban J connectivity index is 2.00. The average Bonchev–Trinajstić information content (AvgIpc) is 2.79. The topological polar surface area (TPSA) is 17.8 Å². The lowest BCUT2D eigenvalue weighted by molar-refractivity contribution is 0.921. The molecule has 0 spiro atoms. The van der Waals surface area contributed by atoms with Crippen LogP contribution in [0.5, 0.6) is 0 Å². The minimum Gasteiger partial charge on any atom is -0.333 e.